The van der Waals surface area contributed by atoms with E-state index in [0.29, 0.717) is 0 Å². The molecule has 0 aliphatic carbocycles. The van der Waals surface area contributed by atoms with Crippen LogP contribution >= 0.6 is 0 Å². The first kappa shape index (κ1) is 11.4. The van der Waals surface area contributed by atoms with Crippen molar-refractivity contribution in [2.24, 2.45) is 0 Å². The van der Waals surface area contributed by atoms with Crippen molar-refractivity contribution in [1.29, 1.82) is 0 Å². The van der Waals surface area contributed by atoms with Crippen molar-refractivity contribution in [2.75, 3.05) is 0 Å². The minimum absolute atomic E-state index is 0. The molecule has 1 aromatic carbocycles. The Hall–Kier alpha value is -0.551. The average molecular weight is 229 g/mol. The van der Waals surface area contributed by atoms with Gasteiger partial charge in [0, 0.05) is 17.1 Å². The van der Waals surface area contributed by atoms with Gasteiger partial charge in [-0.15, -0.1) is 0 Å². The molecule has 1 aromatic rings. The zero-order valence-corrected chi connectivity index (χ0v) is 7.66. The first-order chi connectivity index (χ1) is 5.02. The molecule has 0 fully saturated rings. The summed E-state index contributed by atoms with van der Waals surface area (Å²) in [6.07, 6.45) is 0. The molecule has 0 atom stereocenters. The normalized spacial score (nSPS) is 10.4. The van der Waals surface area contributed by atoms with Crippen molar-refractivity contribution in [2.45, 2.75) is 4.90 Å². The summed E-state index contributed by atoms with van der Waals surface area (Å²) in [5.41, 5.74) is 0. The third kappa shape index (κ3) is 2.49. The summed E-state index contributed by atoms with van der Waals surface area (Å²) in [7, 11) is -4.53. The van der Waals surface area contributed by atoms with Gasteiger partial charge in [-0.1, -0.05) is 12.1 Å². The number of benzene rings is 1. The summed E-state index contributed by atoms with van der Waals surface area (Å²) in [6, 6.07) is 5.00. The summed E-state index contributed by atoms with van der Waals surface area (Å²) in [4.78, 5) is -0.583. The molecular weight excluding hydrogens is 224 g/mol. The Kier molecular flexibility index (Phi) is 3.73. The maximum absolute atomic E-state index is 10.3. The van der Waals surface area contributed by atoms with Gasteiger partial charge in [-0.25, -0.2) is 8.42 Å². The van der Waals surface area contributed by atoms with Crippen molar-refractivity contribution in [1.82, 2.24) is 0 Å². The van der Waals surface area contributed by atoms with Gasteiger partial charge in [0.1, 0.15) is 15.9 Å². The molecule has 1 rings (SSSR count). The van der Waals surface area contributed by atoms with E-state index in [1.165, 1.54) is 12.1 Å². The quantitative estimate of drug-likeness (QED) is 0.554. The molecule has 0 aromatic heterocycles. The monoisotopic (exact) mass is 229 g/mol. The van der Waals surface area contributed by atoms with E-state index in [2.05, 4.69) is 0 Å². The molecular formula is C6H5FeO4S-. The standard InChI is InChI=1S/C6H6O4S.Fe/c7-5-3-1-2-4-6(5)11(8,9)10;/h1-4,7H,(H,8,9,10);/p-1. The van der Waals surface area contributed by atoms with E-state index < -0.39 is 20.8 Å². The predicted octanol–water partition coefficient (Wildman–Crippen LogP) is 0.294. The molecule has 0 saturated heterocycles. The molecule has 4 nitrogen and oxygen atoms in total. The maximum Gasteiger partial charge on any atom is 0.133 e. The fourth-order valence-electron chi connectivity index (χ4n) is 0.669. The molecule has 0 bridgehead atoms. The van der Waals surface area contributed by atoms with Crippen LogP contribution in [0.5, 0.6) is 5.75 Å². The first-order valence-corrected chi connectivity index (χ1v) is 4.16. The second kappa shape index (κ2) is 3.91. The Labute approximate surface area is 80.4 Å². The van der Waals surface area contributed by atoms with Crippen LogP contribution in [0, 0.1) is 0 Å². The van der Waals surface area contributed by atoms with E-state index in [1.54, 1.807) is 0 Å². The Morgan fingerprint density at radius 1 is 1.25 bits per heavy atom. The van der Waals surface area contributed by atoms with Gasteiger partial charge in [-0.2, -0.15) is 0 Å². The SMILES string of the molecule is O=S(=O)([O-])c1ccccc1O.[Fe]. The molecule has 68 valence electrons. The minimum atomic E-state index is -4.53. The molecule has 0 saturated carbocycles. The van der Waals surface area contributed by atoms with Crippen molar-refractivity contribution in [3.05, 3.63) is 24.3 Å². The number of phenols is 1. The van der Waals surface area contributed by atoms with Gasteiger partial charge in [0.2, 0.25) is 0 Å². The van der Waals surface area contributed by atoms with E-state index in [4.69, 9.17) is 5.11 Å². The molecule has 0 aliphatic rings. The largest absolute Gasteiger partial charge is 0.744 e. The number of rotatable bonds is 1. The molecule has 0 aliphatic heterocycles. The second-order valence-corrected chi connectivity index (χ2v) is 3.27. The third-order valence-electron chi connectivity index (χ3n) is 1.13. The van der Waals surface area contributed by atoms with Gasteiger partial charge >= 0.3 is 0 Å². The molecule has 0 spiro atoms. The van der Waals surface area contributed by atoms with E-state index in [-0.39, 0.29) is 17.1 Å². The van der Waals surface area contributed by atoms with Gasteiger partial charge in [-0.05, 0) is 12.1 Å². The van der Waals surface area contributed by atoms with Crippen molar-refractivity contribution >= 4 is 10.1 Å². The fraction of sp³-hybridized carbons (Fsp3) is 0. The van der Waals surface area contributed by atoms with Gasteiger partial charge in [0.25, 0.3) is 0 Å². The Balaban J connectivity index is 0.00000121. The van der Waals surface area contributed by atoms with Crippen LogP contribution in [0.4, 0.5) is 0 Å². The minimum Gasteiger partial charge on any atom is -0.744 e. The average Bonchev–Trinajstić information content (AvgIpc) is 1.86. The van der Waals surface area contributed by atoms with Crippen LogP contribution in [0.2, 0.25) is 0 Å². The number of hydrogen-bond acceptors (Lipinski definition) is 4. The zero-order chi connectivity index (χ0) is 8.48. The van der Waals surface area contributed by atoms with Crippen LogP contribution in [-0.2, 0) is 27.2 Å². The maximum atomic E-state index is 10.3. The van der Waals surface area contributed by atoms with Crippen LogP contribution in [0.1, 0.15) is 0 Å². The summed E-state index contributed by atoms with van der Waals surface area (Å²) in [5.74, 6) is -0.512. The smallest absolute Gasteiger partial charge is 0.133 e. The molecule has 0 unspecified atom stereocenters. The second-order valence-electron chi connectivity index (χ2n) is 1.92. The molecule has 1 N–H and O–H groups in total. The number of hydrogen-bond donors (Lipinski definition) is 1. The van der Waals surface area contributed by atoms with Crippen LogP contribution in [-0.4, -0.2) is 18.1 Å². The Bertz CT molecular complexity index is 360. The summed E-state index contributed by atoms with van der Waals surface area (Å²) in [5, 5.41) is 8.87. The summed E-state index contributed by atoms with van der Waals surface area (Å²) in [6.45, 7) is 0. The van der Waals surface area contributed by atoms with E-state index in [0.717, 1.165) is 12.1 Å². The van der Waals surface area contributed by atoms with Gasteiger partial charge in [0.05, 0.1) is 4.90 Å². The summed E-state index contributed by atoms with van der Waals surface area (Å²) < 4.78 is 31.0. The predicted molar refractivity (Wildman–Crippen MR) is 36.1 cm³/mol. The van der Waals surface area contributed by atoms with Crippen LogP contribution in [0.25, 0.3) is 0 Å². The zero-order valence-electron chi connectivity index (χ0n) is 5.74. The van der Waals surface area contributed by atoms with Gasteiger partial charge in [0.15, 0.2) is 0 Å². The molecule has 0 amide bonds. The molecule has 0 radical (unpaired) electrons. The van der Waals surface area contributed by atoms with E-state index in [9.17, 15) is 13.0 Å². The van der Waals surface area contributed by atoms with Crippen LogP contribution in [0.3, 0.4) is 0 Å². The fourth-order valence-corrected chi connectivity index (χ4v) is 1.24. The van der Waals surface area contributed by atoms with Crippen molar-refractivity contribution < 1.29 is 35.1 Å². The number of para-hydroxylation sites is 1. The first-order valence-electron chi connectivity index (χ1n) is 2.76. The summed E-state index contributed by atoms with van der Waals surface area (Å²) >= 11 is 0. The topological polar surface area (TPSA) is 77.4 Å². The molecule has 0 heterocycles. The Morgan fingerprint density at radius 3 is 2.08 bits per heavy atom. The van der Waals surface area contributed by atoms with Gasteiger partial charge in [-0.3, -0.25) is 0 Å². The van der Waals surface area contributed by atoms with E-state index >= 15 is 0 Å². The Morgan fingerprint density at radius 2 is 1.75 bits per heavy atom. The van der Waals surface area contributed by atoms with Crippen LogP contribution in [0.15, 0.2) is 29.2 Å². The van der Waals surface area contributed by atoms with Crippen molar-refractivity contribution in [3.8, 4) is 5.75 Å². The molecule has 6 heteroatoms. The molecule has 12 heavy (non-hydrogen) atoms. The number of phenolic OH excluding ortho intramolecular Hbond substituents is 1. The van der Waals surface area contributed by atoms with E-state index in [1.807, 2.05) is 0 Å². The van der Waals surface area contributed by atoms with Crippen LogP contribution < -0.4 is 0 Å². The third-order valence-corrected chi connectivity index (χ3v) is 2.02. The number of aromatic hydroxyl groups is 1. The van der Waals surface area contributed by atoms with Gasteiger partial charge < -0.3 is 9.66 Å². The van der Waals surface area contributed by atoms with Crippen molar-refractivity contribution in [3.63, 3.8) is 0 Å².